The van der Waals surface area contributed by atoms with Gasteiger partial charge in [-0.3, -0.25) is 4.90 Å². The number of nitrogens with zero attached hydrogens (tertiary/aromatic N) is 1. The molecule has 1 unspecified atom stereocenters. The summed E-state index contributed by atoms with van der Waals surface area (Å²) in [5, 5.41) is 0.580. The Morgan fingerprint density at radius 1 is 1.29 bits per heavy atom. The van der Waals surface area contributed by atoms with Crippen LogP contribution in [0.2, 0.25) is 5.02 Å². The predicted molar refractivity (Wildman–Crippen MR) is 64.4 cm³/mol. The van der Waals surface area contributed by atoms with Crippen molar-refractivity contribution in [1.29, 1.82) is 0 Å². The molecular formula is C11H10BrClF3N. The third-order valence-electron chi connectivity index (χ3n) is 2.87. The van der Waals surface area contributed by atoms with Crippen molar-refractivity contribution in [3.63, 3.8) is 0 Å². The van der Waals surface area contributed by atoms with Crippen molar-refractivity contribution in [3.8, 4) is 0 Å². The molecule has 0 radical (unpaired) electrons. The second kappa shape index (κ2) is 5.16. The van der Waals surface area contributed by atoms with Crippen molar-refractivity contribution in [1.82, 2.24) is 4.90 Å². The molecule has 0 amide bonds. The van der Waals surface area contributed by atoms with Crippen LogP contribution >= 0.6 is 27.5 Å². The molecule has 0 saturated carbocycles. The van der Waals surface area contributed by atoms with E-state index in [0.29, 0.717) is 5.02 Å². The number of alkyl halides is 3. The fourth-order valence-electron chi connectivity index (χ4n) is 1.90. The van der Waals surface area contributed by atoms with Gasteiger partial charge in [0.05, 0.1) is 0 Å². The molecule has 1 aromatic carbocycles. The highest BCUT2D eigenvalue weighted by molar-refractivity contribution is 9.10. The van der Waals surface area contributed by atoms with Gasteiger partial charge in [0.2, 0.25) is 6.30 Å². The van der Waals surface area contributed by atoms with Gasteiger partial charge in [-0.15, -0.1) is 0 Å². The molecule has 17 heavy (non-hydrogen) atoms. The van der Waals surface area contributed by atoms with E-state index < -0.39 is 12.7 Å². The Balaban J connectivity index is 2.00. The van der Waals surface area contributed by atoms with Gasteiger partial charge >= 0.3 is 0 Å². The van der Waals surface area contributed by atoms with Crippen LogP contribution in [-0.4, -0.2) is 30.7 Å². The third kappa shape index (κ3) is 2.77. The first kappa shape index (κ1) is 13.2. The van der Waals surface area contributed by atoms with E-state index in [2.05, 4.69) is 15.9 Å². The molecule has 0 aliphatic carbocycles. The van der Waals surface area contributed by atoms with Crippen LogP contribution in [0.1, 0.15) is 11.5 Å². The summed E-state index contributed by atoms with van der Waals surface area (Å²) in [6.07, 6.45) is -5.11. The van der Waals surface area contributed by atoms with Gasteiger partial charge in [0.25, 0.3) is 6.43 Å². The molecule has 1 atom stereocenters. The van der Waals surface area contributed by atoms with Gasteiger partial charge in [0.15, 0.2) is 0 Å². The fourth-order valence-corrected chi connectivity index (χ4v) is 2.73. The smallest absolute Gasteiger partial charge is 0.268 e. The lowest BCUT2D eigenvalue weighted by Crippen LogP contribution is -2.51. The second-order valence-corrected chi connectivity index (χ2v) is 5.35. The number of hydrogen-bond acceptors (Lipinski definition) is 1. The average molecular weight is 329 g/mol. The standard InChI is InChI=1S/C11H10BrClF3N/c12-7-1-2-8(9(13)3-7)6-4-17(5-6)11(16)10(14)15/h1-3,6,10-11H,4-5H2. The highest BCUT2D eigenvalue weighted by Crippen LogP contribution is 2.35. The largest absolute Gasteiger partial charge is 0.282 e. The fraction of sp³-hybridized carbons (Fsp3) is 0.455. The van der Waals surface area contributed by atoms with Gasteiger partial charge in [-0.05, 0) is 17.7 Å². The van der Waals surface area contributed by atoms with Crippen LogP contribution in [0, 0.1) is 0 Å². The summed E-state index contributed by atoms with van der Waals surface area (Å²) in [4.78, 5) is 1.12. The second-order valence-electron chi connectivity index (χ2n) is 4.02. The highest BCUT2D eigenvalue weighted by atomic mass is 79.9. The Morgan fingerprint density at radius 3 is 2.47 bits per heavy atom. The first-order chi connectivity index (χ1) is 7.99. The molecule has 1 saturated heterocycles. The molecule has 1 aromatic rings. The zero-order valence-corrected chi connectivity index (χ0v) is 11.1. The molecule has 1 fully saturated rings. The molecule has 0 spiro atoms. The number of rotatable bonds is 3. The third-order valence-corrected chi connectivity index (χ3v) is 3.69. The molecule has 94 valence electrons. The SMILES string of the molecule is FC(F)C(F)N1CC(c2ccc(Br)cc2Cl)C1. The molecule has 0 bridgehead atoms. The van der Waals surface area contributed by atoms with Gasteiger partial charge < -0.3 is 0 Å². The molecule has 2 rings (SSSR count). The van der Waals surface area contributed by atoms with Crippen molar-refractivity contribution in [2.45, 2.75) is 18.6 Å². The zero-order chi connectivity index (χ0) is 12.6. The molecule has 1 aliphatic heterocycles. The van der Waals surface area contributed by atoms with Crippen molar-refractivity contribution in [3.05, 3.63) is 33.3 Å². The van der Waals surface area contributed by atoms with Crippen LogP contribution in [0.5, 0.6) is 0 Å². The minimum Gasteiger partial charge on any atom is -0.268 e. The van der Waals surface area contributed by atoms with Gasteiger partial charge in [0.1, 0.15) is 0 Å². The molecule has 1 aliphatic rings. The molecule has 0 N–H and O–H groups in total. The molecular weight excluding hydrogens is 318 g/mol. The van der Waals surface area contributed by atoms with Crippen LogP contribution in [0.4, 0.5) is 13.2 Å². The lowest BCUT2D eigenvalue weighted by Gasteiger charge is -2.41. The van der Waals surface area contributed by atoms with E-state index in [-0.39, 0.29) is 19.0 Å². The van der Waals surface area contributed by atoms with Gasteiger partial charge in [0, 0.05) is 28.5 Å². The molecule has 0 aromatic heterocycles. The number of halogens is 5. The molecule has 6 heteroatoms. The Morgan fingerprint density at radius 2 is 1.94 bits per heavy atom. The Labute approximate surface area is 111 Å². The normalized spacial score (nSPS) is 19.4. The van der Waals surface area contributed by atoms with Gasteiger partial charge in [-0.25, -0.2) is 13.2 Å². The summed E-state index contributed by atoms with van der Waals surface area (Å²) >= 11 is 9.32. The van der Waals surface area contributed by atoms with E-state index in [1.165, 1.54) is 0 Å². The van der Waals surface area contributed by atoms with E-state index >= 15 is 0 Å². The lowest BCUT2D eigenvalue weighted by atomic mass is 9.91. The van der Waals surface area contributed by atoms with E-state index in [4.69, 9.17) is 11.6 Å². The van der Waals surface area contributed by atoms with Crippen molar-refractivity contribution in [2.75, 3.05) is 13.1 Å². The molecule has 1 nitrogen and oxygen atoms in total. The van der Waals surface area contributed by atoms with Crippen LogP contribution in [0.25, 0.3) is 0 Å². The Bertz CT molecular complexity index is 410. The average Bonchev–Trinajstić information content (AvgIpc) is 2.18. The van der Waals surface area contributed by atoms with Gasteiger partial charge in [-0.2, -0.15) is 0 Å². The van der Waals surface area contributed by atoms with Crippen LogP contribution < -0.4 is 0 Å². The van der Waals surface area contributed by atoms with Crippen LogP contribution in [0.15, 0.2) is 22.7 Å². The van der Waals surface area contributed by atoms with Crippen molar-refractivity contribution < 1.29 is 13.2 Å². The summed E-state index contributed by atoms with van der Waals surface area (Å²) in [7, 11) is 0. The van der Waals surface area contributed by atoms with E-state index in [9.17, 15) is 13.2 Å². The number of likely N-dealkylation sites (tertiary alicyclic amines) is 1. The predicted octanol–water partition coefficient (Wildman–Crippen LogP) is 4.06. The van der Waals surface area contributed by atoms with Crippen LogP contribution in [0.3, 0.4) is 0 Å². The Kier molecular flexibility index (Phi) is 4.00. The van der Waals surface area contributed by atoms with E-state index in [1.807, 2.05) is 12.1 Å². The Hall–Kier alpha value is -0.260. The quantitative estimate of drug-likeness (QED) is 0.756. The number of benzene rings is 1. The van der Waals surface area contributed by atoms with E-state index in [0.717, 1.165) is 14.9 Å². The zero-order valence-electron chi connectivity index (χ0n) is 8.72. The summed E-state index contributed by atoms with van der Waals surface area (Å²) in [6.45, 7) is 0.569. The topological polar surface area (TPSA) is 3.24 Å². The van der Waals surface area contributed by atoms with Gasteiger partial charge in [-0.1, -0.05) is 33.6 Å². The first-order valence-electron chi connectivity index (χ1n) is 5.10. The minimum atomic E-state index is -2.95. The highest BCUT2D eigenvalue weighted by Gasteiger charge is 2.38. The lowest BCUT2D eigenvalue weighted by molar-refractivity contribution is -0.0819. The maximum atomic E-state index is 13.0. The summed E-state index contributed by atoms with van der Waals surface area (Å²) in [5.74, 6) is 0.0348. The van der Waals surface area contributed by atoms with E-state index in [1.54, 1.807) is 6.07 Å². The minimum absolute atomic E-state index is 0.0348. The van der Waals surface area contributed by atoms with Crippen molar-refractivity contribution >= 4 is 27.5 Å². The van der Waals surface area contributed by atoms with Crippen molar-refractivity contribution in [2.24, 2.45) is 0 Å². The monoisotopic (exact) mass is 327 g/mol. The first-order valence-corrected chi connectivity index (χ1v) is 6.27. The summed E-state index contributed by atoms with van der Waals surface area (Å²) in [5.41, 5.74) is 0.882. The molecule has 1 heterocycles. The summed E-state index contributed by atoms with van der Waals surface area (Å²) in [6, 6.07) is 5.42. The number of hydrogen-bond donors (Lipinski definition) is 0. The van der Waals surface area contributed by atoms with Crippen LogP contribution in [-0.2, 0) is 0 Å². The maximum absolute atomic E-state index is 13.0. The summed E-state index contributed by atoms with van der Waals surface area (Å²) < 4.78 is 38.0. The maximum Gasteiger partial charge on any atom is 0.282 e.